The number of nitrogens with zero attached hydrogens (tertiary/aromatic N) is 2. The molecule has 2 aromatic rings. The quantitative estimate of drug-likeness (QED) is 0.858. The number of hydrogen-bond acceptors (Lipinski definition) is 4. The zero-order valence-corrected chi connectivity index (χ0v) is 12.3. The van der Waals surface area contributed by atoms with Gasteiger partial charge >= 0.3 is 0 Å². The summed E-state index contributed by atoms with van der Waals surface area (Å²) in [5, 5.41) is 0. The van der Waals surface area contributed by atoms with Crippen LogP contribution < -0.4 is 10.5 Å². The van der Waals surface area contributed by atoms with Crippen molar-refractivity contribution in [3.8, 4) is 0 Å². The molecule has 2 heterocycles. The molecule has 0 fully saturated rings. The standard InChI is InChI=1S/C13H18N4O2S/c1-10(13-5-3-4-6-15-13)16-20(18,19)12-7-11(8-14)17(2)9-12/h3-7,9-10,16H,8,14H2,1-2H3. The molecule has 6 nitrogen and oxygen atoms in total. The number of sulfonamides is 1. The smallest absolute Gasteiger partial charge is 0.242 e. The van der Waals surface area contributed by atoms with Crippen LogP contribution >= 0.6 is 0 Å². The van der Waals surface area contributed by atoms with Crippen LogP contribution in [0, 0.1) is 0 Å². The fraction of sp³-hybridized carbons (Fsp3) is 0.308. The van der Waals surface area contributed by atoms with Crippen molar-refractivity contribution >= 4 is 10.0 Å². The van der Waals surface area contributed by atoms with Gasteiger partial charge in [0, 0.05) is 31.7 Å². The highest BCUT2D eigenvalue weighted by molar-refractivity contribution is 7.89. The maximum absolute atomic E-state index is 12.3. The lowest BCUT2D eigenvalue weighted by Gasteiger charge is -2.12. The second-order valence-corrected chi connectivity index (χ2v) is 6.29. The third-order valence-corrected chi connectivity index (χ3v) is 4.57. The van der Waals surface area contributed by atoms with Gasteiger partial charge in [-0.15, -0.1) is 0 Å². The van der Waals surface area contributed by atoms with Crippen molar-refractivity contribution in [2.24, 2.45) is 12.8 Å². The first-order valence-electron chi connectivity index (χ1n) is 6.22. The van der Waals surface area contributed by atoms with E-state index in [9.17, 15) is 8.42 Å². The van der Waals surface area contributed by atoms with Crippen LogP contribution in [0.1, 0.15) is 24.4 Å². The monoisotopic (exact) mass is 294 g/mol. The molecular formula is C13H18N4O2S. The van der Waals surface area contributed by atoms with Gasteiger partial charge in [-0.25, -0.2) is 13.1 Å². The van der Waals surface area contributed by atoms with Gasteiger partial charge in [-0.1, -0.05) is 6.07 Å². The minimum atomic E-state index is -3.59. The first-order valence-corrected chi connectivity index (χ1v) is 7.71. The lowest BCUT2D eigenvalue weighted by Crippen LogP contribution is -2.27. The van der Waals surface area contributed by atoms with Crippen LogP contribution in [0.5, 0.6) is 0 Å². The zero-order valence-electron chi connectivity index (χ0n) is 11.4. The fourth-order valence-corrected chi connectivity index (χ4v) is 3.23. The fourth-order valence-electron chi connectivity index (χ4n) is 1.92. The Hall–Kier alpha value is -1.70. The van der Waals surface area contributed by atoms with E-state index in [1.165, 1.54) is 0 Å². The summed E-state index contributed by atoms with van der Waals surface area (Å²) in [7, 11) is -1.82. The van der Waals surface area contributed by atoms with E-state index in [-0.39, 0.29) is 4.90 Å². The summed E-state index contributed by atoms with van der Waals surface area (Å²) in [5.74, 6) is 0. The number of nitrogens with one attached hydrogen (secondary N) is 1. The van der Waals surface area contributed by atoms with E-state index in [4.69, 9.17) is 5.73 Å². The zero-order chi connectivity index (χ0) is 14.8. The lowest BCUT2D eigenvalue weighted by molar-refractivity contribution is 0.564. The number of hydrogen-bond donors (Lipinski definition) is 2. The Morgan fingerprint density at radius 1 is 1.45 bits per heavy atom. The number of rotatable bonds is 5. The largest absolute Gasteiger partial charge is 0.352 e. The van der Waals surface area contributed by atoms with Gasteiger partial charge in [0.05, 0.1) is 16.6 Å². The molecule has 0 radical (unpaired) electrons. The van der Waals surface area contributed by atoms with Crippen molar-refractivity contribution in [1.29, 1.82) is 0 Å². The van der Waals surface area contributed by atoms with Gasteiger partial charge in [0.25, 0.3) is 0 Å². The first-order chi connectivity index (χ1) is 9.44. The maximum atomic E-state index is 12.3. The second-order valence-electron chi connectivity index (χ2n) is 4.58. The highest BCUT2D eigenvalue weighted by Crippen LogP contribution is 2.17. The predicted molar refractivity (Wildman–Crippen MR) is 76.3 cm³/mol. The van der Waals surface area contributed by atoms with Crippen molar-refractivity contribution in [2.45, 2.75) is 24.4 Å². The maximum Gasteiger partial charge on any atom is 0.242 e. The van der Waals surface area contributed by atoms with Crippen LogP contribution in [0.4, 0.5) is 0 Å². The summed E-state index contributed by atoms with van der Waals surface area (Å²) in [6, 6.07) is 6.57. The van der Waals surface area contributed by atoms with E-state index in [1.54, 1.807) is 49.1 Å². The first kappa shape index (κ1) is 14.7. The molecular weight excluding hydrogens is 276 g/mol. The molecule has 20 heavy (non-hydrogen) atoms. The van der Waals surface area contributed by atoms with Crippen LogP contribution in [0.2, 0.25) is 0 Å². The third-order valence-electron chi connectivity index (χ3n) is 3.07. The molecule has 0 aliphatic heterocycles. The average Bonchev–Trinajstić information content (AvgIpc) is 2.81. The molecule has 2 aromatic heterocycles. The van der Waals surface area contributed by atoms with Crippen molar-refractivity contribution in [3.05, 3.63) is 48.0 Å². The molecule has 0 bridgehead atoms. The van der Waals surface area contributed by atoms with Gasteiger partial charge < -0.3 is 10.3 Å². The van der Waals surface area contributed by atoms with Crippen LogP contribution in [0.3, 0.4) is 0 Å². The second kappa shape index (κ2) is 5.74. The Kier molecular flexibility index (Phi) is 4.22. The van der Waals surface area contributed by atoms with Crippen molar-refractivity contribution in [2.75, 3.05) is 0 Å². The van der Waals surface area contributed by atoms with Gasteiger partial charge in [0.1, 0.15) is 0 Å². The van der Waals surface area contributed by atoms with Gasteiger partial charge in [-0.05, 0) is 25.1 Å². The van der Waals surface area contributed by atoms with E-state index in [0.717, 1.165) is 5.69 Å². The van der Waals surface area contributed by atoms with E-state index >= 15 is 0 Å². The summed E-state index contributed by atoms with van der Waals surface area (Å²) in [4.78, 5) is 4.35. The normalized spacial score (nSPS) is 13.3. The summed E-state index contributed by atoms with van der Waals surface area (Å²) >= 11 is 0. The molecule has 0 saturated carbocycles. The van der Waals surface area contributed by atoms with Crippen LogP contribution in [-0.4, -0.2) is 18.0 Å². The Balaban J connectivity index is 2.23. The summed E-state index contributed by atoms with van der Waals surface area (Å²) in [5.41, 5.74) is 6.99. The minimum absolute atomic E-state index is 0.211. The Labute approximate surface area is 118 Å². The van der Waals surface area contributed by atoms with E-state index in [1.807, 2.05) is 6.07 Å². The Morgan fingerprint density at radius 3 is 2.75 bits per heavy atom. The molecule has 0 amide bonds. The molecule has 7 heteroatoms. The summed E-state index contributed by atoms with van der Waals surface area (Å²) in [6.07, 6.45) is 3.19. The number of pyridine rings is 1. The molecule has 0 spiro atoms. The molecule has 1 unspecified atom stereocenters. The van der Waals surface area contributed by atoms with Crippen LogP contribution in [-0.2, 0) is 23.6 Å². The highest BCUT2D eigenvalue weighted by Gasteiger charge is 2.21. The lowest BCUT2D eigenvalue weighted by atomic mass is 10.2. The molecule has 0 aliphatic carbocycles. The van der Waals surface area contributed by atoms with Crippen molar-refractivity contribution in [1.82, 2.24) is 14.3 Å². The van der Waals surface area contributed by atoms with Gasteiger partial charge in [-0.3, -0.25) is 4.98 Å². The summed E-state index contributed by atoms with van der Waals surface area (Å²) in [6.45, 7) is 2.05. The summed E-state index contributed by atoms with van der Waals surface area (Å²) < 4.78 is 28.9. The Bertz CT molecular complexity index is 680. The van der Waals surface area contributed by atoms with Crippen LogP contribution in [0.25, 0.3) is 0 Å². The molecule has 3 N–H and O–H groups in total. The number of nitrogens with two attached hydrogens (primary N) is 1. The topological polar surface area (TPSA) is 90.0 Å². The SMILES string of the molecule is CC(NS(=O)(=O)c1cc(CN)n(C)c1)c1ccccn1. The van der Waals surface area contributed by atoms with Crippen molar-refractivity contribution in [3.63, 3.8) is 0 Å². The molecule has 108 valence electrons. The Morgan fingerprint density at radius 2 is 2.20 bits per heavy atom. The van der Waals surface area contributed by atoms with E-state index in [0.29, 0.717) is 12.2 Å². The molecule has 0 saturated heterocycles. The number of aryl methyl sites for hydroxylation is 1. The van der Waals surface area contributed by atoms with Gasteiger partial charge in [-0.2, -0.15) is 0 Å². The van der Waals surface area contributed by atoms with Gasteiger partial charge in [0.2, 0.25) is 10.0 Å². The predicted octanol–water partition coefficient (Wildman–Crippen LogP) is 0.918. The van der Waals surface area contributed by atoms with E-state index < -0.39 is 16.1 Å². The van der Waals surface area contributed by atoms with Gasteiger partial charge in [0.15, 0.2) is 0 Å². The minimum Gasteiger partial charge on any atom is -0.352 e. The third kappa shape index (κ3) is 3.06. The molecule has 2 rings (SSSR count). The van der Waals surface area contributed by atoms with Crippen molar-refractivity contribution < 1.29 is 8.42 Å². The molecule has 0 aromatic carbocycles. The van der Waals surface area contributed by atoms with E-state index in [2.05, 4.69) is 9.71 Å². The number of aromatic nitrogens is 2. The average molecular weight is 294 g/mol. The molecule has 1 atom stereocenters. The highest BCUT2D eigenvalue weighted by atomic mass is 32.2. The molecule has 0 aliphatic rings. The van der Waals surface area contributed by atoms with Crippen LogP contribution in [0.15, 0.2) is 41.6 Å².